The zero-order valence-corrected chi connectivity index (χ0v) is 13.7. The van der Waals surface area contributed by atoms with Crippen molar-refractivity contribution in [1.82, 2.24) is 10.9 Å². The summed E-state index contributed by atoms with van der Waals surface area (Å²) >= 11 is 0. The van der Waals surface area contributed by atoms with E-state index in [1.807, 2.05) is 24.3 Å². The highest BCUT2D eigenvalue weighted by Gasteiger charge is 1.98. The van der Waals surface area contributed by atoms with Gasteiger partial charge in [-0.05, 0) is 19.4 Å². The molecule has 1 aromatic carbocycles. The number of hydrogen-bond acceptors (Lipinski definition) is 3. The maximum absolute atomic E-state index is 7.18. The summed E-state index contributed by atoms with van der Waals surface area (Å²) in [6, 6.07) is 8.17. The Morgan fingerprint density at radius 2 is 1.91 bits per heavy atom. The van der Waals surface area contributed by atoms with Crippen LogP contribution in [0.5, 0.6) is 0 Å². The molecule has 0 aliphatic heterocycles. The second-order valence-electron chi connectivity index (χ2n) is 5.28. The van der Waals surface area contributed by atoms with Crippen LogP contribution in [0.15, 0.2) is 41.4 Å². The number of aryl methyl sites for hydroxylation is 1. The van der Waals surface area contributed by atoms with E-state index in [9.17, 15) is 0 Å². The van der Waals surface area contributed by atoms with Gasteiger partial charge in [-0.25, -0.2) is 4.99 Å². The number of rotatable bonds is 11. The summed E-state index contributed by atoms with van der Waals surface area (Å²) < 4.78 is 0. The van der Waals surface area contributed by atoms with E-state index < -0.39 is 0 Å². The van der Waals surface area contributed by atoms with E-state index >= 15 is 0 Å². The van der Waals surface area contributed by atoms with Crippen molar-refractivity contribution < 1.29 is 0 Å². The molecule has 1 aromatic rings. The minimum atomic E-state index is 0.733. The molecule has 0 saturated heterocycles. The van der Waals surface area contributed by atoms with Crippen LogP contribution in [0.2, 0.25) is 0 Å². The van der Waals surface area contributed by atoms with Gasteiger partial charge in [0.1, 0.15) is 6.34 Å². The van der Waals surface area contributed by atoms with E-state index in [0.717, 1.165) is 30.7 Å². The van der Waals surface area contributed by atoms with E-state index in [1.54, 1.807) is 0 Å². The van der Waals surface area contributed by atoms with Crippen LogP contribution >= 0.6 is 0 Å². The van der Waals surface area contributed by atoms with E-state index in [4.69, 9.17) is 5.41 Å². The summed E-state index contributed by atoms with van der Waals surface area (Å²) in [6.07, 6.45) is 10.1. The van der Waals surface area contributed by atoms with Crippen molar-refractivity contribution in [1.29, 1.82) is 5.41 Å². The lowest BCUT2D eigenvalue weighted by atomic mass is 10.1. The van der Waals surface area contributed by atoms with Crippen LogP contribution in [0, 0.1) is 12.3 Å². The Labute approximate surface area is 134 Å². The first-order valence-corrected chi connectivity index (χ1v) is 8.04. The molecule has 22 heavy (non-hydrogen) atoms. The van der Waals surface area contributed by atoms with Gasteiger partial charge >= 0.3 is 0 Å². The third-order valence-electron chi connectivity index (χ3n) is 3.33. The minimum absolute atomic E-state index is 0.733. The van der Waals surface area contributed by atoms with E-state index in [0.29, 0.717) is 0 Å². The van der Waals surface area contributed by atoms with Gasteiger partial charge in [0.05, 0.1) is 5.71 Å². The summed E-state index contributed by atoms with van der Waals surface area (Å²) in [5, 5.41) is 7.18. The monoisotopic (exact) mass is 300 g/mol. The topological polar surface area (TPSA) is 60.3 Å². The second kappa shape index (κ2) is 11.8. The average Bonchev–Trinajstić information content (AvgIpc) is 2.53. The molecule has 120 valence electrons. The average molecular weight is 300 g/mol. The predicted molar refractivity (Wildman–Crippen MR) is 95.8 cm³/mol. The van der Waals surface area contributed by atoms with Crippen LogP contribution in [0.25, 0.3) is 0 Å². The molecule has 0 unspecified atom stereocenters. The van der Waals surface area contributed by atoms with E-state index in [1.165, 1.54) is 31.2 Å². The third kappa shape index (κ3) is 7.86. The molecule has 0 atom stereocenters. The zero-order chi connectivity index (χ0) is 16.0. The standard InChI is InChI=1S/C18H28N4/c1-3-4-5-6-13-21-22-14-7-8-18(20-15-19)17-11-9-16(2)10-12-17/h7-12,15,19,21-22H,3-6,13-14H2,1-2H3/b8-7+,19-15?,20-18?. The SMILES string of the molecule is CCCCCCNNC/C=C/C(=NC=N)c1ccc(C)cc1. The van der Waals surface area contributed by atoms with Crippen LogP contribution in [0.4, 0.5) is 0 Å². The third-order valence-corrected chi connectivity index (χ3v) is 3.33. The molecule has 0 radical (unpaired) electrons. The fourth-order valence-electron chi connectivity index (χ4n) is 2.04. The molecular weight excluding hydrogens is 272 g/mol. The highest BCUT2D eigenvalue weighted by molar-refractivity contribution is 6.11. The van der Waals surface area contributed by atoms with Crippen molar-refractivity contribution in [2.75, 3.05) is 13.1 Å². The maximum Gasteiger partial charge on any atom is 0.107 e. The lowest BCUT2D eigenvalue weighted by Crippen LogP contribution is -2.32. The van der Waals surface area contributed by atoms with Crippen molar-refractivity contribution in [2.24, 2.45) is 4.99 Å². The van der Waals surface area contributed by atoms with E-state index in [-0.39, 0.29) is 0 Å². The molecule has 0 bridgehead atoms. The molecule has 0 saturated carbocycles. The van der Waals surface area contributed by atoms with Gasteiger partial charge in [-0.15, -0.1) is 0 Å². The van der Waals surface area contributed by atoms with Gasteiger partial charge in [0, 0.05) is 18.7 Å². The highest BCUT2D eigenvalue weighted by Crippen LogP contribution is 2.05. The normalized spacial score (nSPS) is 12.0. The lowest BCUT2D eigenvalue weighted by molar-refractivity contribution is 0.530. The number of aliphatic imine (C=N–C) groups is 1. The van der Waals surface area contributed by atoms with Gasteiger partial charge in [-0.1, -0.05) is 62.1 Å². The van der Waals surface area contributed by atoms with Crippen LogP contribution in [-0.2, 0) is 0 Å². The van der Waals surface area contributed by atoms with Gasteiger partial charge in [0.2, 0.25) is 0 Å². The maximum atomic E-state index is 7.18. The summed E-state index contributed by atoms with van der Waals surface area (Å²) in [4.78, 5) is 4.12. The summed E-state index contributed by atoms with van der Waals surface area (Å²) in [7, 11) is 0. The molecule has 0 aromatic heterocycles. The van der Waals surface area contributed by atoms with Crippen molar-refractivity contribution in [3.8, 4) is 0 Å². The Bertz CT molecular complexity index is 474. The molecule has 4 heteroatoms. The van der Waals surface area contributed by atoms with Crippen molar-refractivity contribution in [3.63, 3.8) is 0 Å². The molecule has 3 N–H and O–H groups in total. The summed E-state index contributed by atoms with van der Waals surface area (Å²) in [5.41, 5.74) is 9.43. The zero-order valence-electron chi connectivity index (χ0n) is 13.7. The molecule has 0 spiro atoms. The molecule has 0 aliphatic carbocycles. The fourth-order valence-corrected chi connectivity index (χ4v) is 2.04. The highest BCUT2D eigenvalue weighted by atomic mass is 15.3. The molecule has 0 heterocycles. The molecule has 0 amide bonds. The second-order valence-corrected chi connectivity index (χ2v) is 5.28. The van der Waals surface area contributed by atoms with Crippen molar-refractivity contribution >= 4 is 12.1 Å². The number of nitrogens with zero attached hydrogens (tertiary/aromatic N) is 1. The van der Waals surface area contributed by atoms with Crippen LogP contribution in [-0.4, -0.2) is 25.1 Å². The van der Waals surface area contributed by atoms with Gasteiger partial charge in [-0.2, -0.15) is 0 Å². The number of unbranched alkanes of at least 4 members (excludes halogenated alkanes) is 3. The number of hydrogen-bond donors (Lipinski definition) is 3. The Hall–Kier alpha value is -1.78. The van der Waals surface area contributed by atoms with Crippen LogP contribution in [0.3, 0.4) is 0 Å². The lowest BCUT2D eigenvalue weighted by Gasteiger charge is -2.04. The first-order chi connectivity index (χ1) is 10.8. The summed E-state index contributed by atoms with van der Waals surface area (Å²) in [5.74, 6) is 0. The number of nitrogens with one attached hydrogen (secondary N) is 3. The Kier molecular flexibility index (Phi) is 9.83. The fraction of sp³-hybridized carbons (Fsp3) is 0.444. The molecular formula is C18H28N4. The Balaban J connectivity index is 2.33. The number of hydrazine groups is 1. The van der Waals surface area contributed by atoms with Crippen molar-refractivity contribution in [3.05, 3.63) is 47.5 Å². The first kappa shape index (κ1) is 18.3. The van der Waals surface area contributed by atoms with E-state index in [2.05, 4.69) is 41.8 Å². The Morgan fingerprint density at radius 3 is 2.59 bits per heavy atom. The molecule has 1 rings (SSSR count). The quantitative estimate of drug-likeness (QED) is 0.253. The van der Waals surface area contributed by atoms with Gasteiger partial charge in [-0.3, -0.25) is 16.3 Å². The van der Waals surface area contributed by atoms with Crippen LogP contribution in [0.1, 0.15) is 43.7 Å². The first-order valence-electron chi connectivity index (χ1n) is 8.04. The van der Waals surface area contributed by atoms with Crippen LogP contribution < -0.4 is 10.9 Å². The minimum Gasteiger partial charge on any atom is -0.290 e. The Morgan fingerprint density at radius 1 is 1.14 bits per heavy atom. The number of allylic oxidation sites excluding steroid dienone is 1. The largest absolute Gasteiger partial charge is 0.290 e. The molecule has 0 aliphatic rings. The van der Waals surface area contributed by atoms with Gasteiger partial charge in [0.25, 0.3) is 0 Å². The molecule has 0 fully saturated rings. The number of benzene rings is 1. The van der Waals surface area contributed by atoms with Crippen molar-refractivity contribution in [2.45, 2.75) is 39.5 Å². The smallest absolute Gasteiger partial charge is 0.107 e. The molecule has 4 nitrogen and oxygen atoms in total. The summed E-state index contributed by atoms with van der Waals surface area (Å²) in [6.45, 7) is 6.00. The predicted octanol–water partition coefficient (Wildman–Crippen LogP) is 3.62. The van der Waals surface area contributed by atoms with Gasteiger partial charge in [0.15, 0.2) is 0 Å². The van der Waals surface area contributed by atoms with Gasteiger partial charge < -0.3 is 0 Å².